The first-order valence-electron chi connectivity index (χ1n) is 14.1. The van der Waals surface area contributed by atoms with E-state index in [0.717, 1.165) is 23.2 Å². The Morgan fingerprint density at radius 3 is 2.27 bits per heavy atom. The van der Waals surface area contributed by atoms with Gasteiger partial charge in [-0.3, -0.25) is 4.79 Å². The minimum absolute atomic E-state index is 0.0823. The van der Waals surface area contributed by atoms with Gasteiger partial charge in [-0.05, 0) is 59.2 Å². The highest BCUT2D eigenvalue weighted by Gasteiger charge is 2.29. The number of benzene rings is 2. The molecule has 6 nitrogen and oxygen atoms in total. The van der Waals surface area contributed by atoms with E-state index < -0.39 is 10.0 Å². The lowest BCUT2D eigenvalue weighted by Crippen LogP contribution is -2.44. The molecule has 0 N–H and O–H groups in total. The maximum Gasteiger partial charge on any atom is 0.243 e. The molecular formula is C32H44ClN3O3S. The van der Waals surface area contributed by atoms with E-state index in [9.17, 15) is 13.2 Å². The van der Waals surface area contributed by atoms with Gasteiger partial charge in [0.1, 0.15) is 0 Å². The second-order valence-corrected chi connectivity index (χ2v) is 14.2. The first-order chi connectivity index (χ1) is 18.8. The van der Waals surface area contributed by atoms with E-state index in [-0.39, 0.29) is 28.7 Å². The Hall–Kier alpha value is -2.61. The highest BCUT2D eigenvalue weighted by Crippen LogP contribution is 2.25. The molecule has 0 aliphatic carbocycles. The van der Waals surface area contributed by atoms with E-state index in [0.29, 0.717) is 37.6 Å². The molecule has 1 heterocycles. The summed E-state index contributed by atoms with van der Waals surface area (Å²) in [4.78, 5) is 15.7. The number of sulfonamides is 1. The van der Waals surface area contributed by atoms with Crippen LogP contribution < -0.4 is 0 Å². The molecule has 40 heavy (non-hydrogen) atoms. The van der Waals surface area contributed by atoms with Crippen molar-refractivity contribution in [3.63, 3.8) is 0 Å². The van der Waals surface area contributed by atoms with Crippen LogP contribution in [0.3, 0.4) is 0 Å². The Kier molecular flexibility index (Phi) is 11.0. The standard InChI is InChI=1S/C32H44ClN3O3S/c1-7-8-20-36(40(38,39)29-17-15-27(16-18-29)32(4,5)6)24-31(37)35(21-25(2)3)23-28-13-11-19-34(28)22-26-12-9-10-14-30(26)33/h9-19,25H,7-8,20-24H2,1-6H3. The van der Waals surface area contributed by atoms with Crippen molar-refractivity contribution in [1.82, 2.24) is 13.8 Å². The van der Waals surface area contributed by atoms with Crippen LogP contribution in [0.1, 0.15) is 71.2 Å². The van der Waals surface area contributed by atoms with Gasteiger partial charge in [-0.2, -0.15) is 4.31 Å². The molecule has 0 saturated heterocycles. The number of amides is 1. The molecule has 3 rings (SSSR count). The van der Waals surface area contributed by atoms with E-state index in [1.807, 2.05) is 61.7 Å². The zero-order valence-electron chi connectivity index (χ0n) is 24.7. The number of hydrogen-bond donors (Lipinski definition) is 0. The fourth-order valence-electron chi connectivity index (χ4n) is 4.59. The Morgan fingerprint density at radius 1 is 1.00 bits per heavy atom. The van der Waals surface area contributed by atoms with E-state index in [2.05, 4.69) is 39.2 Å². The molecule has 0 unspecified atom stereocenters. The van der Waals surface area contributed by atoms with Crippen LogP contribution in [0.15, 0.2) is 71.8 Å². The van der Waals surface area contributed by atoms with Crippen molar-refractivity contribution in [2.24, 2.45) is 5.92 Å². The molecule has 2 aromatic carbocycles. The van der Waals surface area contributed by atoms with Gasteiger partial charge in [-0.25, -0.2) is 8.42 Å². The van der Waals surface area contributed by atoms with Crippen molar-refractivity contribution < 1.29 is 13.2 Å². The highest BCUT2D eigenvalue weighted by atomic mass is 35.5. The van der Waals surface area contributed by atoms with Crippen molar-refractivity contribution >= 4 is 27.5 Å². The van der Waals surface area contributed by atoms with Crippen LogP contribution in [0.25, 0.3) is 0 Å². The predicted octanol–water partition coefficient (Wildman–Crippen LogP) is 6.96. The van der Waals surface area contributed by atoms with E-state index >= 15 is 0 Å². The molecule has 0 radical (unpaired) electrons. The van der Waals surface area contributed by atoms with E-state index in [4.69, 9.17) is 11.6 Å². The Balaban J connectivity index is 1.84. The summed E-state index contributed by atoms with van der Waals surface area (Å²) in [6, 6.07) is 18.7. The zero-order valence-corrected chi connectivity index (χ0v) is 26.3. The number of nitrogens with zero attached hydrogens (tertiary/aromatic N) is 3. The van der Waals surface area contributed by atoms with Crippen molar-refractivity contribution in [2.75, 3.05) is 19.6 Å². The first-order valence-corrected chi connectivity index (χ1v) is 15.9. The molecule has 0 aliphatic rings. The van der Waals surface area contributed by atoms with Gasteiger partial charge in [0, 0.05) is 36.5 Å². The molecular weight excluding hydrogens is 542 g/mol. The number of unbranched alkanes of at least 4 members (excludes halogenated alkanes) is 1. The van der Waals surface area contributed by atoms with Gasteiger partial charge in [-0.1, -0.05) is 89.9 Å². The van der Waals surface area contributed by atoms with Gasteiger partial charge in [0.05, 0.1) is 18.0 Å². The highest BCUT2D eigenvalue weighted by molar-refractivity contribution is 7.89. The molecule has 0 aliphatic heterocycles. The average molecular weight is 586 g/mol. The average Bonchev–Trinajstić information content (AvgIpc) is 3.33. The van der Waals surface area contributed by atoms with Crippen LogP contribution in [0, 0.1) is 5.92 Å². The maximum absolute atomic E-state index is 13.8. The minimum atomic E-state index is -3.84. The number of hydrogen-bond acceptors (Lipinski definition) is 3. The Morgan fingerprint density at radius 2 is 1.68 bits per heavy atom. The second kappa shape index (κ2) is 13.8. The number of carbonyl (C=O) groups excluding carboxylic acids is 1. The summed E-state index contributed by atoms with van der Waals surface area (Å²) >= 11 is 6.40. The van der Waals surface area contributed by atoms with Crippen LogP contribution in [0.5, 0.6) is 0 Å². The number of carbonyl (C=O) groups is 1. The largest absolute Gasteiger partial charge is 0.345 e. The molecule has 1 aromatic heterocycles. The lowest BCUT2D eigenvalue weighted by molar-refractivity contribution is -0.132. The van der Waals surface area contributed by atoms with Crippen molar-refractivity contribution in [3.8, 4) is 0 Å². The lowest BCUT2D eigenvalue weighted by atomic mass is 9.87. The molecule has 1 amide bonds. The number of halogens is 1. The van der Waals surface area contributed by atoms with Gasteiger partial charge < -0.3 is 9.47 Å². The quantitative estimate of drug-likeness (QED) is 0.218. The number of aromatic nitrogens is 1. The van der Waals surface area contributed by atoms with Gasteiger partial charge in [0.25, 0.3) is 0 Å². The molecule has 0 saturated carbocycles. The smallest absolute Gasteiger partial charge is 0.243 e. The van der Waals surface area contributed by atoms with E-state index in [1.165, 1.54) is 4.31 Å². The van der Waals surface area contributed by atoms with Gasteiger partial charge >= 0.3 is 0 Å². The van der Waals surface area contributed by atoms with Gasteiger partial charge in [0.2, 0.25) is 15.9 Å². The third-order valence-corrected chi connectivity index (χ3v) is 9.17. The molecule has 218 valence electrons. The molecule has 0 atom stereocenters. The topological polar surface area (TPSA) is 62.6 Å². The second-order valence-electron chi connectivity index (χ2n) is 11.9. The maximum atomic E-state index is 13.8. The minimum Gasteiger partial charge on any atom is -0.345 e. The summed E-state index contributed by atoms with van der Waals surface area (Å²) in [5, 5.41) is 0.699. The summed E-state index contributed by atoms with van der Waals surface area (Å²) in [7, 11) is -3.84. The van der Waals surface area contributed by atoms with Gasteiger partial charge in [-0.15, -0.1) is 0 Å². The Bertz CT molecular complexity index is 1360. The summed E-state index contributed by atoms with van der Waals surface area (Å²) in [5.74, 6) is 0.0201. The fourth-order valence-corrected chi connectivity index (χ4v) is 6.22. The molecule has 0 bridgehead atoms. The van der Waals surface area contributed by atoms with Crippen LogP contribution in [0.2, 0.25) is 5.02 Å². The summed E-state index contributed by atoms with van der Waals surface area (Å²) in [5.41, 5.74) is 2.94. The zero-order chi connectivity index (χ0) is 29.5. The monoisotopic (exact) mass is 585 g/mol. The van der Waals surface area contributed by atoms with Crippen LogP contribution >= 0.6 is 11.6 Å². The molecule has 3 aromatic rings. The SMILES string of the molecule is CCCCN(CC(=O)N(Cc1cccn1Cc1ccccc1Cl)CC(C)C)S(=O)(=O)c1ccc(C(C)(C)C)cc1. The summed E-state index contributed by atoms with van der Waals surface area (Å²) in [6.07, 6.45) is 3.49. The summed E-state index contributed by atoms with van der Waals surface area (Å²) in [6.45, 7) is 14.0. The normalized spacial score (nSPS) is 12.3. The van der Waals surface area contributed by atoms with Crippen molar-refractivity contribution in [1.29, 1.82) is 0 Å². The van der Waals surface area contributed by atoms with Crippen molar-refractivity contribution in [2.45, 2.75) is 77.8 Å². The van der Waals surface area contributed by atoms with E-state index in [1.54, 1.807) is 17.0 Å². The van der Waals surface area contributed by atoms with Crippen molar-refractivity contribution in [3.05, 3.63) is 88.7 Å². The van der Waals surface area contributed by atoms with Crippen LogP contribution in [0.4, 0.5) is 0 Å². The van der Waals surface area contributed by atoms with Gasteiger partial charge in [0.15, 0.2) is 0 Å². The van der Waals surface area contributed by atoms with Crippen LogP contribution in [-0.4, -0.2) is 47.7 Å². The number of rotatable bonds is 13. The molecule has 0 fully saturated rings. The third-order valence-electron chi connectivity index (χ3n) is 6.94. The predicted molar refractivity (Wildman–Crippen MR) is 164 cm³/mol. The third kappa shape index (κ3) is 8.45. The summed E-state index contributed by atoms with van der Waals surface area (Å²) < 4.78 is 30.9. The Labute approximate surface area is 246 Å². The van der Waals surface area contributed by atoms with Crippen LogP contribution in [-0.2, 0) is 33.3 Å². The molecule has 0 spiro atoms. The first kappa shape index (κ1) is 31.9. The molecule has 8 heteroatoms. The lowest BCUT2D eigenvalue weighted by Gasteiger charge is -2.29. The fraction of sp³-hybridized carbons (Fsp3) is 0.469.